The highest BCUT2D eigenvalue weighted by atomic mass is 16.2. The lowest BCUT2D eigenvalue weighted by molar-refractivity contribution is -0.111. The van der Waals surface area contributed by atoms with Crippen LogP contribution in [0.1, 0.15) is 36.7 Å². The molecule has 0 aliphatic heterocycles. The van der Waals surface area contributed by atoms with Crippen molar-refractivity contribution in [1.29, 1.82) is 0 Å². The number of amides is 2. The lowest BCUT2D eigenvalue weighted by atomic mass is 10.1. The lowest BCUT2D eigenvalue weighted by Gasteiger charge is -2.20. The van der Waals surface area contributed by atoms with Crippen molar-refractivity contribution in [3.05, 3.63) is 84.2 Å². The molecule has 2 N–H and O–H groups in total. The first-order chi connectivity index (χ1) is 13.8. The lowest BCUT2D eigenvalue weighted by Crippen LogP contribution is -2.40. The summed E-state index contributed by atoms with van der Waals surface area (Å²) < 4.78 is 1.75. The van der Waals surface area contributed by atoms with Gasteiger partial charge in [0.15, 0.2) is 0 Å². The Morgan fingerprint density at radius 2 is 1.69 bits per heavy atom. The highest BCUT2D eigenvalue weighted by molar-refractivity contribution is 6.02. The first-order valence-electron chi connectivity index (χ1n) is 9.32. The average Bonchev–Trinajstić information content (AvgIpc) is 3.15. The predicted molar refractivity (Wildman–Crippen MR) is 115 cm³/mol. The summed E-state index contributed by atoms with van der Waals surface area (Å²) in [7, 11) is 0. The fraction of sp³-hybridized carbons (Fsp3) is 0.174. The van der Waals surface area contributed by atoms with E-state index >= 15 is 0 Å². The standard InChI is InChI=1S/C23H24N4O2/c1-23(2,3)26-22(29)18-10-12-19(13-11-18)25-21(28)14-9-17-15-24-27(16-17)20-7-5-4-6-8-20/h4-16H,1-3H3,(H,25,28)(H,26,29)/b14-9+. The number of anilines is 1. The van der Waals surface area contributed by atoms with Gasteiger partial charge in [-0.25, -0.2) is 4.68 Å². The summed E-state index contributed by atoms with van der Waals surface area (Å²) in [5.41, 5.74) is 2.63. The van der Waals surface area contributed by atoms with Crippen LogP contribution >= 0.6 is 0 Å². The Labute approximate surface area is 170 Å². The van der Waals surface area contributed by atoms with Crippen LogP contribution in [0.4, 0.5) is 5.69 Å². The summed E-state index contributed by atoms with van der Waals surface area (Å²) in [6, 6.07) is 16.5. The van der Waals surface area contributed by atoms with E-state index in [9.17, 15) is 9.59 Å². The van der Waals surface area contributed by atoms with Crippen LogP contribution in [-0.2, 0) is 4.79 Å². The van der Waals surface area contributed by atoms with Gasteiger partial charge in [0.25, 0.3) is 5.91 Å². The van der Waals surface area contributed by atoms with Crippen molar-refractivity contribution in [3.63, 3.8) is 0 Å². The highest BCUT2D eigenvalue weighted by Gasteiger charge is 2.15. The van der Waals surface area contributed by atoms with Gasteiger partial charge < -0.3 is 10.6 Å². The first kappa shape index (κ1) is 20.1. The molecule has 0 atom stereocenters. The number of nitrogens with zero attached hydrogens (tertiary/aromatic N) is 2. The smallest absolute Gasteiger partial charge is 0.251 e. The molecule has 1 heterocycles. The maximum absolute atomic E-state index is 12.2. The Balaban J connectivity index is 1.58. The third-order valence-electron chi connectivity index (χ3n) is 3.95. The fourth-order valence-corrected chi connectivity index (χ4v) is 2.62. The molecule has 2 amide bonds. The van der Waals surface area contributed by atoms with E-state index in [4.69, 9.17) is 0 Å². The average molecular weight is 388 g/mol. The predicted octanol–water partition coefficient (Wildman–Crippen LogP) is 4.05. The summed E-state index contributed by atoms with van der Waals surface area (Å²) in [6.45, 7) is 5.78. The van der Waals surface area contributed by atoms with E-state index < -0.39 is 0 Å². The van der Waals surface area contributed by atoms with Crippen molar-refractivity contribution in [1.82, 2.24) is 15.1 Å². The highest BCUT2D eigenvalue weighted by Crippen LogP contribution is 2.12. The van der Waals surface area contributed by atoms with Crippen LogP contribution in [0.2, 0.25) is 0 Å². The van der Waals surface area contributed by atoms with Gasteiger partial charge in [0.05, 0.1) is 11.9 Å². The molecule has 0 fully saturated rings. The molecular weight excluding hydrogens is 364 g/mol. The monoisotopic (exact) mass is 388 g/mol. The van der Waals surface area contributed by atoms with Crippen molar-refractivity contribution in [3.8, 4) is 5.69 Å². The zero-order valence-electron chi connectivity index (χ0n) is 16.7. The number of rotatable bonds is 5. The molecule has 0 saturated carbocycles. The minimum Gasteiger partial charge on any atom is -0.347 e. The molecule has 2 aromatic carbocycles. The molecule has 1 aromatic heterocycles. The van der Waals surface area contributed by atoms with Gasteiger partial charge in [-0.05, 0) is 63.2 Å². The third-order valence-corrected chi connectivity index (χ3v) is 3.95. The zero-order valence-corrected chi connectivity index (χ0v) is 16.7. The Morgan fingerprint density at radius 1 is 1.00 bits per heavy atom. The number of nitrogens with one attached hydrogen (secondary N) is 2. The number of para-hydroxylation sites is 1. The van der Waals surface area contributed by atoms with E-state index in [2.05, 4.69) is 15.7 Å². The number of carbonyl (C=O) groups is 2. The van der Waals surface area contributed by atoms with Gasteiger partial charge in [0.2, 0.25) is 5.91 Å². The van der Waals surface area contributed by atoms with Gasteiger partial charge in [-0.3, -0.25) is 9.59 Å². The molecule has 3 rings (SSSR count). The van der Waals surface area contributed by atoms with Crippen molar-refractivity contribution < 1.29 is 9.59 Å². The van der Waals surface area contributed by atoms with E-state index in [0.717, 1.165) is 11.3 Å². The maximum atomic E-state index is 12.2. The molecule has 148 valence electrons. The zero-order chi connectivity index (χ0) is 20.9. The summed E-state index contributed by atoms with van der Waals surface area (Å²) in [5.74, 6) is -0.407. The van der Waals surface area contributed by atoms with Crippen LogP contribution in [0.3, 0.4) is 0 Å². The van der Waals surface area contributed by atoms with Crippen LogP contribution in [-0.4, -0.2) is 27.1 Å². The van der Waals surface area contributed by atoms with Gasteiger partial charge in [0, 0.05) is 34.6 Å². The van der Waals surface area contributed by atoms with E-state index in [1.54, 1.807) is 41.2 Å². The van der Waals surface area contributed by atoms with Crippen LogP contribution in [0.5, 0.6) is 0 Å². The second kappa shape index (κ2) is 8.56. The normalized spacial score (nSPS) is 11.4. The second-order valence-electron chi connectivity index (χ2n) is 7.66. The summed E-state index contributed by atoms with van der Waals surface area (Å²) in [4.78, 5) is 24.3. The Morgan fingerprint density at radius 3 is 2.34 bits per heavy atom. The number of hydrogen-bond donors (Lipinski definition) is 2. The van der Waals surface area contributed by atoms with Crippen molar-refractivity contribution in [2.45, 2.75) is 26.3 Å². The summed E-state index contributed by atoms with van der Waals surface area (Å²) >= 11 is 0. The maximum Gasteiger partial charge on any atom is 0.251 e. The van der Waals surface area contributed by atoms with Gasteiger partial charge in [-0.15, -0.1) is 0 Å². The minimum atomic E-state index is -0.302. The SMILES string of the molecule is CC(C)(C)NC(=O)c1ccc(NC(=O)/C=C/c2cnn(-c3ccccc3)c2)cc1. The molecule has 29 heavy (non-hydrogen) atoms. The van der Waals surface area contributed by atoms with Crippen LogP contribution in [0.15, 0.2) is 73.1 Å². The van der Waals surface area contributed by atoms with Gasteiger partial charge in [0.1, 0.15) is 0 Å². The Hall–Kier alpha value is -3.67. The molecule has 0 aliphatic carbocycles. The summed E-state index contributed by atoms with van der Waals surface area (Å²) in [5, 5.41) is 9.98. The van der Waals surface area contributed by atoms with E-state index in [0.29, 0.717) is 11.3 Å². The van der Waals surface area contributed by atoms with Gasteiger partial charge in [-0.1, -0.05) is 18.2 Å². The number of hydrogen-bond acceptors (Lipinski definition) is 3. The van der Waals surface area contributed by atoms with E-state index in [1.165, 1.54) is 6.08 Å². The van der Waals surface area contributed by atoms with Crippen molar-refractivity contribution in [2.75, 3.05) is 5.32 Å². The van der Waals surface area contributed by atoms with E-state index in [1.807, 2.05) is 57.3 Å². The van der Waals surface area contributed by atoms with E-state index in [-0.39, 0.29) is 17.4 Å². The van der Waals surface area contributed by atoms with Crippen LogP contribution < -0.4 is 10.6 Å². The molecule has 0 bridgehead atoms. The quantitative estimate of drug-likeness (QED) is 0.648. The van der Waals surface area contributed by atoms with Gasteiger partial charge in [-0.2, -0.15) is 5.10 Å². The van der Waals surface area contributed by atoms with Crippen LogP contribution in [0.25, 0.3) is 11.8 Å². The topological polar surface area (TPSA) is 76.0 Å². The summed E-state index contributed by atoms with van der Waals surface area (Å²) in [6.07, 6.45) is 6.70. The van der Waals surface area contributed by atoms with Crippen molar-refractivity contribution >= 4 is 23.6 Å². The first-order valence-corrected chi connectivity index (χ1v) is 9.32. The molecule has 0 saturated heterocycles. The molecule has 0 spiro atoms. The third kappa shape index (κ3) is 5.90. The largest absolute Gasteiger partial charge is 0.347 e. The molecule has 3 aromatic rings. The molecule has 0 aliphatic rings. The minimum absolute atomic E-state index is 0.147. The van der Waals surface area contributed by atoms with Crippen molar-refractivity contribution in [2.24, 2.45) is 0 Å². The Kier molecular flexibility index (Phi) is 5.93. The van der Waals surface area contributed by atoms with Crippen LogP contribution in [0, 0.1) is 0 Å². The number of benzene rings is 2. The molecule has 6 heteroatoms. The second-order valence-corrected chi connectivity index (χ2v) is 7.66. The molecule has 0 radical (unpaired) electrons. The molecule has 6 nitrogen and oxygen atoms in total. The fourth-order valence-electron chi connectivity index (χ4n) is 2.62. The molecular formula is C23H24N4O2. The molecule has 0 unspecified atom stereocenters. The number of carbonyl (C=O) groups excluding carboxylic acids is 2. The Bertz CT molecular complexity index is 1010. The van der Waals surface area contributed by atoms with Gasteiger partial charge >= 0.3 is 0 Å². The number of aromatic nitrogens is 2.